The van der Waals surface area contributed by atoms with Gasteiger partial charge in [-0.1, -0.05) is 6.92 Å². The Morgan fingerprint density at radius 3 is 2.79 bits per heavy atom. The first kappa shape index (κ1) is 11.2. The highest BCUT2D eigenvalue weighted by Crippen LogP contribution is 2.09. The molecule has 0 saturated heterocycles. The van der Waals surface area contributed by atoms with Crippen LogP contribution in [0, 0.1) is 0 Å². The molecule has 1 atom stereocenters. The third-order valence-corrected chi connectivity index (χ3v) is 2.61. The first-order valence-electron chi connectivity index (χ1n) is 4.93. The summed E-state index contributed by atoms with van der Waals surface area (Å²) in [6.45, 7) is 4.98. The Kier molecular flexibility index (Phi) is 3.66. The summed E-state index contributed by atoms with van der Waals surface area (Å²) >= 11 is 0. The standard InChI is InChI=1S/C10H19N3O/c1-4-10(2,8-14)11-5-9-6-12-13(3)7-9/h6-7,11,14H,4-5,8H2,1-3H3. The van der Waals surface area contributed by atoms with Gasteiger partial charge in [0.1, 0.15) is 0 Å². The maximum atomic E-state index is 9.19. The summed E-state index contributed by atoms with van der Waals surface area (Å²) in [5.41, 5.74) is 0.955. The smallest absolute Gasteiger partial charge is 0.0610 e. The summed E-state index contributed by atoms with van der Waals surface area (Å²) in [6, 6.07) is 0. The number of nitrogens with one attached hydrogen (secondary N) is 1. The van der Waals surface area contributed by atoms with Gasteiger partial charge in [0.2, 0.25) is 0 Å². The number of hydrogen-bond acceptors (Lipinski definition) is 3. The van der Waals surface area contributed by atoms with Crippen LogP contribution in [-0.2, 0) is 13.6 Å². The van der Waals surface area contributed by atoms with Crippen LogP contribution in [0.4, 0.5) is 0 Å². The van der Waals surface area contributed by atoms with Gasteiger partial charge in [0.25, 0.3) is 0 Å². The highest BCUT2D eigenvalue weighted by Gasteiger charge is 2.19. The Labute approximate surface area is 84.9 Å². The molecule has 4 nitrogen and oxygen atoms in total. The first-order chi connectivity index (χ1) is 6.59. The predicted molar refractivity (Wildman–Crippen MR) is 55.8 cm³/mol. The molecule has 0 aliphatic carbocycles. The van der Waals surface area contributed by atoms with Crippen molar-refractivity contribution in [1.82, 2.24) is 15.1 Å². The number of aliphatic hydroxyl groups is 1. The van der Waals surface area contributed by atoms with E-state index < -0.39 is 0 Å². The summed E-state index contributed by atoms with van der Waals surface area (Å²) in [5, 5.41) is 16.6. The zero-order chi connectivity index (χ0) is 10.6. The minimum atomic E-state index is -0.185. The summed E-state index contributed by atoms with van der Waals surface area (Å²) in [6.07, 6.45) is 4.71. The number of aromatic nitrogens is 2. The molecule has 2 N–H and O–H groups in total. The topological polar surface area (TPSA) is 50.1 Å². The summed E-state index contributed by atoms with van der Waals surface area (Å²) < 4.78 is 1.78. The Morgan fingerprint density at radius 1 is 1.64 bits per heavy atom. The Balaban J connectivity index is 2.47. The van der Waals surface area contributed by atoms with Crippen LogP contribution < -0.4 is 5.32 Å². The van der Waals surface area contributed by atoms with Gasteiger partial charge < -0.3 is 10.4 Å². The van der Waals surface area contributed by atoms with E-state index in [9.17, 15) is 5.11 Å². The molecule has 0 radical (unpaired) electrons. The summed E-state index contributed by atoms with van der Waals surface area (Å²) in [5.74, 6) is 0. The van der Waals surface area contributed by atoms with Gasteiger partial charge in [-0.2, -0.15) is 5.10 Å². The van der Waals surface area contributed by atoms with E-state index in [1.165, 1.54) is 0 Å². The van der Waals surface area contributed by atoms with Crippen molar-refractivity contribution in [2.75, 3.05) is 6.61 Å². The second-order valence-electron chi connectivity index (χ2n) is 3.95. The lowest BCUT2D eigenvalue weighted by molar-refractivity contribution is 0.169. The fourth-order valence-corrected chi connectivity index (χ4v) is 1.17. The van der Waals surface area contributed by atoms with Gasteiger partial charge in [0.15, 0.2) is 0 Å². The van der Waals surface area contributed by atoms with Crippen LogP contribution in [0.15, 0.2) is 12.4 Å². The monoisotopic (exact) mass is 197 g/mol. The van der Waals surface area contributed by atoms with Crippen LogP contribution in [0.1, 0.15) is 25.8 Å². The van der Waals surface area contributed by atoms with E-state index in [-0.39, 0.29) is 12.1 Å². The molecule has 80 valence electrons. The van der Waals surface area contributed by atoms with Crippen molar-refractivity contribution in [3.8, 4) is 0 Å². The molecule has 4 heteroatoms. The molecule has 0 aromatic carbocycles. The van der Waals surface area contributed by atoms with Crippen molar-refractivity contribution in [3.63, 3.8) is 0 Å². The molecular formula is C10H19N3O. The zero-order valence-corrected chi connectivity index (χ0v) is 9.12. The number of aryl methyl sites for hydroxylation is 1. The Bertz CT molecular complexity index is 279. The molecule has 14 heavy (non-hydrogen) atoms. The molecule has 0 amide bonds. The van der Waals surface area contributed by atoms with Gasteiger partial charge in [-0.05, 0) is 13.3 Å². The average molecular weight is 197 g/mol. The lowest BCUT2D eigenvalue weighted by atomic mass is 10.0. The lowest BCUT2D eigenvalue weighted by Gasteiger charge is -2.26. The predicted octanol–water partition coefficient (Wildman–Crippen LogP) is 0.671. The van der Waals surface area contributed by atoms with Gasteiger partial charge in [-0.25, -0.2) is 0 Å². The van der Waals surface area contributed by atoms with Crippen molar-refractivity contribution < 1.29 is 5.11 Å². The largest absolute Gasteiger partial charge is 0.394 e. The molecule has 1 rings (SSSR count). The van der Waals surface area contributed by atoms with E-state index in [0.29, 0.717) is 0 Å². The van der Waals surface area contributed by atoms with Crippen molar-refractivity contribution in [2.45, 2.75) is 32.4 Å². The molecule has 1 unspecified atom stereocenters. The fraction of sp³-hybridized carbons (Fsp3) is 0.700. The minimum absolute atomic E-state index is 0.157. The molecule has 0 aliphatic rings. The van der Waals surface area contributed by atoms with E-state index in [4.69, 9.17) is 0 Å². The SMILES string of the molecule is CCC(C)(CO)NCc1cnn(C)c1. The lowest BCUT2D eigenvalue weighted by Crippen LogP contribution is -2.44. The average Bonchev–Trinajstić information content (AvgIpc) is 2.61. The molecule has 0 bridgehead atoms. The molecule has 0 aliphatic heterocycles. The number of hydrogen-bond donors (Lipinski definition) is 2. The first-order valence-corrected chi connectivity index (χ1v) is 4.93. The molecule has 1 aromatic rings. The summed E-state index contributed by atoms with van der Waals surface area (Å²) in [4.78, 5) is 0. The van der Waals surface area contributed by atoms with Crippen molar-refractivity contribution >= 4 is 0 Å². The van der Waals surface area contributed by atoms with E-state index in [1.807, 2.05) is 26.4 Å². The van der Waals surface area contributed by atoms with E-state index in [1.54, 1.807) is 4.68 Å². The maximum absolute atomic E-state index is 9.19. The Morgan fingerprint density at radius 2 is 2.36 bits per heavy atom. The highest BCUT2D eigenvalue weighted by molar-refractivity contribution is 5.04. The maximum Gasteiger partial charge on any atom is 0.0610 e. The summed E-state index contributed by atoms with van der Waals surface area (Å²) in [7, 11) is 1.90. The van der Waals surface area contributed by atoms with Crippen molar-refractivity contribution in [3.05, 3.63) is 18.0 Å². The molecule has 1 heterocycles. The van der Waals surface area contributed by atoms with Gasteiger partial charge >= 0.3 is 0 Å². The van der Waals surface area contributed by atoms with Gasteiger partial charge in [0, 0.05) is 30.9 Å². The van der Waals surface area contributed by atoms with Crippen LogP contribution in [0.25, 0.3) is 0 Å². The van der Waals surface area contributed by atoms with E-state index >= 15 is 0 Å². The number of aliphatic hydroxyl groups excluding tert-OH is 1. The third-order valence-electron chi connectivity index (χ3n) is 2.61. The number of nitrogens with zero attached hydrogens (tertiary/aromatic N) is 2. The fourth-order valence-electron chi connectivity index (χ4n) is 1.17. The molecule has 0 fully saturated rings. The quantitative estimate of drug-likeness (QED) is 0.729. The van der Waals surface area contributed by atoms with E-state index in [0.717, 1.165) is 18.5 Å². The molecular weight excluding hydrogens is 178 g/mol. The molecule has 0 saturated carbocycles. The van der Waals surface area contributed by atoms with Gasteiger partial charge in [-0.15, -0.1) is 0 Å². The normalized spacial score (nSPS) is 15.4. The Hall–Kier alpha value is -0.870. The van der Waals surface area contributed by atoms with Gasteiger partial charge in [0.05, 0.1) is 12.8 Å². The number of rotatable bonds is 5. The van der Waals surface area contributed by atoms with Crippen LogP contribution in [-0.4, -0.2) is 27.0 Å². The molecule has 0 spiro atoms. The zero-order valence-electron chi connectivity index (χ0n) is 9.12. The van der Waals surface area contributed by atoms with Crippen molar-refractivity contribution in [1.29, 1.82) is 0 Å². The minimum Gasteiger partial charge on any atom is -0.394 e. The van der Waals surface area contributed by atoms with Crippen LogP contribution in [0.5, 0.6) is 0 Å². The van der Waals surface area contributed by atoms with E-state index in [2.05, 4.69) is 17.3 Å². The highest BCUT2D eigenvalue weighted by atomic mass is 16.3. The second kappa shape index (κ2) is 4.57. The van der Waals surface area contributed by atoms with Gasteiger partial charge in [-0.3, -0.25) is 4.68 Å². The van der Waals surface area contributed by atoms with Crippen LogP contribution >= 0.6 is 0 Å². The van der Waals surface area contributed by atoms with Crippen molar-refractivity contribution in [2.24, 2.45) is 7.05 Å². The second-order valence-corrected chi connectivity index (χ2v) is 3.95. The van der Waals surface area contributed by atoms with Crippen LogP contribution in [0.2, 0.25) is 0 Å². The van der Waals surface area contributed by atoms with Crippen LogP contribution in [0.3, 0.4) is 0 Å². The third kappa shape index (κ3) is 2.82. The molecule has 1 aromatic heterocycles.